The Hall–Kier alpha value is -1.62. The maximum absolute atomic E-state index is 5.83. The van der Waals surface area contributed by atoms with E-state index in [1.807, 2.05) is 0 Å². The Morgan fingerprint density at radius 3 is 2.78 bits per heavy atom. The Morgan fingerprint density at radius 2 is 2.17 bits per heavy atom. The Labute approximate surface area is 107 Å². The van der Waals surface area contributed by atoms with Gasteiger partial charge in [-0.25, -0.2) is 9.67 Å². The van der Waals surface area contributed by atoms with Crippen molar-refractivity contribution in [1.82, 2.24) is 20.1 Å². The van der Waals surface area contributed by atoms with Gasteiger partial charge in [0.2, 0.25) is 0 Å². The molecule has 18 heavy (non-hydrogen) atoms. The van der Waals surface area contributed by atoms with E-state index in [4.69, 9.17) is 4.42 Å². The quantitative estimate of drug-likeness (QED) is 0.900. The molecule has 5 nitrogen and oxygen atoms in total. The van der Waals surface area contributed by atoms with E-state index in [1.54, 1.807) is 11.0 Å². The summed E-state index contributed by atoms with van der Waals surface area (Å²) < 4.78 is 7.58. The Kier molecular flexibility index (Phi) is 3.52. The predicted octanol–water partition coefficient (Wildman–Crippen LogP) is 2.12. The Morgan fingerprint density at radius 1 is 1.39 bits per heavy atom. The van der Waals surface area contributed by atoms with Crippen molar-refractivity contribution in [2.24, 2.45) is 0 Å². The van der Waals surface area contributed by atoms with Gasteiger partial charge in [0.1, 0.15) is 30.7 Å². The first-order valence-corrected chi connectivity index (χ1v) is 6.10. The van der Waals surface area contributed by atoms with Crippen LogP contribution in [-0.2, 0) is 13.1 Å². The van der Waals surface area contributed by atoms with Gasteiger partial charge >= 0.3 is 0 Å². The fourth-order valence-electron chi connectivity index (χ4n) is 1.66. The smallest absolute Gasteiger partial charge is 0.137 e. The second-order valence-electron chi connectivity index (χ2n) is 5.52. The molecule has 5 heteroatoms. The van der Waals surface area contributed by atoms with Crippen molar-refractivity contribution in [1.29, 1.82) is 0 Å². The fraction of sp³-hybridized carbons (Fsp3) is 0.538. The summed E-state index contributed by atoms with van der Waals surface area (Å²) in [4.78, 5) is 3.91. The van der Waals surface area contributed by atoms with Gasteiger partial charge in [-0.15, -0.1) is 0 Å². The lowest BCUT2D eigenvalue weighted by Crippen LogP contribution is -2.35. The van der Waals surface area contributed by atoms with Crippen molar-refractivity contribution >= 4 is 0 Å². The molecule has 1 N–H and O–H groups in total. The van der Waals surface area contributed by atoms with Gasteiger partial charge in [-0.2, -0.15) is 5.10 Å². The molecule has 2 rings (SSSR count). The molecule has 0 atom stereocenters. The van der Waals surface area contributed by atoms with Crippen LogP contribution in [0.25, 0.3) is 0 Å². The third-order valence-corrected chi connectivity index (χ3v) is 2.64. The number of aromatic nitrogens is 3. The molecular formula is C13H20N4O. The maximum atomic E-state index is 5.83. The third kappa shape index (κ3) is 3.43. The SMILES string of the molecule is Cc1cc(Cn2cncn2)oc1CNC(C)(C)C. The first kappa shape index (κ1) is 12.8. The first-order chi connectivity index (χ1) is 8.44. The van der Waals surface area contributed by atoms with Crippen LogP contribution in [0.3, 0.4) is 0 Å². The minimum atomic E-state index is 0.0886. The maximum Gasteiger partial charge on any atom is 0.137 e. The molecular weight excluding hydrogens is 228 g/mol. The molecule has 0 amide bonds. The van der Waals surface area contributed by atoms with E-state index in [1.165, 1.54) is 11.9 Å². The fourth-order valence-corrected chi connectivity index (χ4v) is 1.66. The Balaban J connectivity index is 2.03. The zero-order valence-corrected chi connectivity index (χ0v) is 11.4. The van der Waals surface area contributed by atoms with Gasteiger partial charge < -0.3 is 9.73 Å². The molecule has 0 radical (unpaired) electrons. The largest absolute Gasteiger partial charge is 0.462 e. The molecule has 2 aromatic heterocycles. The summed E-state index contributed by atoms with van der Waals surface area (Å²) in [7, 11) is 0. The van der Waals surface area contributed by atoms with Gasteiger partial charge in [0.15, 0.2) is 0 Å². The highest BCUT2D eigenvalue weighted by molar-refractivity contribution is 5.20. The van der Waals surface area contributed by atoms with Crippen LogP contribution < -0.4 is 5.32 Å². The summed E-state index contributed by atoms with van der Waals surface area (Å²) in [5.74, 6) is 1.89. The van der Waals surface area contributed by atoms with Crippen LogP contribution >= 0.6 is 0 Å². The molecule has 0 unspecified atom stereocenters. The summed E-state index contributed by atoms with van der Waals surface area (Å²) in [6.07, 6.45) is 3.21. The number of nitrogens with zero attached hydrogens (tertiary/aromatic N) is 3. The minimum absolute atomic E-state index is 0.0886. The number of aryl methyl sites for hydroxylation is 1. The van der Waals surface area contributed by atoms with Crippen molar-refractivity contribution in [3.05, 3.63) is 35.8 Å². The number of hydrogen-bond acceptors (Lipinski definition) is 4. The molecule has 0 saturated heterocycles. The van der Waals surface area contributed by atoms with E-state index >= 15 is 0 Å². The zero-order chi connectivity index (χ0) is 13.2. The number of furan rings is 1. The minimum Gasteiger partial charge on any atom is -0.462 e. The topological polar surface area (TPSA) is 55.9 Å². The van der Waals surface area contributed by atoms with Crippen molar-refractivity contribution < 1.29 is 4.42 Å². The van der Waals surface area contributed by atoms with Gasteiger partial charge in [0.25, 0.3) is 0 Å². The number of nitrogens with one attached hydrogen (secondary N) is 1. The van der Waals surface area contributed by atoms with Crippen LogP contribution in [0.5, 0.6) is 0 Å². The highest BCUT2D eigenvalue weighted by Gasteiger charge is 2.13. The predicted molar refractivity (Wildman–Crippen MR) is 69.2 cm³/mol. The highest BCUT2D eigenvalue weighted by Crippen LogP contribution is 2.16. The lowest BCUT2D eigenvalue weighted by molar-refractivity contribution is 0.373. The monoisotopic (exact) mass is 248 g/mol. The summed E-state index contributed by atoms with van der Waals surface area (Å²) in [6.45, 7) is 9.85. The van der Waals surface area contributed by atoms with Crippen LogP contribution in [0.4, 0.5) is 0 Å². The second kappa shape index (κ2) is 4.94. The van der Waals surface area contributed by atoms with Gasteiger partial charge in [0.05, 0.1) is 6.54 Å². The van der Waals surface area contributed by atoms with Crippen LogP contribution in [0.1, 0.15) is 37.9 Å². The van der Waals surface area contributed by atoms with Gasteiger partial charge in [0, 0.05) is 5.54 Å². The van der Waals surface area contributed by atoms with Gasteiger partial charge in [-0.3, -0.25) is 0 Å². The molecule has 0 aliphatic rings. The standard InChI is InChI=1S/C13H20N4O/c1-10-5-11(7-17-9-14-8-16-17)18-12(10)6-15-13(2,3)4/h5,8-9,15H,6-7H2,1-4H3. The van der Waals surface area contributed by atoms with Crippen molar-refractivity contribution in [3.8, 4) is 0 Å². The lowest BCUT2D eigenvalue weighted by Gasteiger charge is -2.19. The van der Waals surface area contributed by atoms with Gasteiger partial charge in [-0.05, 0) is 39.3 Å². The normalized spacial score (nSPS) is 12.0. The molecule has 0 bridgehead atoms. The summed E-state index contributed by atoms with van der Waals surface area (Å²) in [5, 5.41) is 7.49. The summed E-state index contributed by atoms with van der Waals surface area (Å²) in [6, 6.07) is 2.06. The lowest BCUT2D eigenvalue weighted by atomic mass is 10.1. The van der Waals surface area contributed by atoms with Crippen LogP contribution in [0, 0.1) is 6.92 Å². The van der Waals surface area contributed by atoms with E-state index in [-0.39, 0.29) is 5.54 Å². The summed E-state index contributed by atoms with van der Waals surface area (Å²) >= 11 is 0. The number of hydrogen-bond donors (Lipinski definition) is 1. The molecule has 0 fully saturated rings. The summed E-state index contributed by atoms with van der Waals surface area (Å²) in [5.41, 5.74) is 1.26. The van der Waals surface area contributed by atoms with E-state index in [0.717, 1.165) is 18.1 Å². The average Bonchev–Trinajstić information content (AvgIpc) is 2.85. The van der Waals surface area contributed by atoms with Crippen LogP contribution in [-0.4, -0.2) is 20.3 Å². The van der Waals surface area contributed by atoms with E-state index in [0.29, 0.717) is 6.54 Å². The first-order valence-electron chi connectivity index (χ1n) is 6.10. The third-order valence-electron chi connectivity index (χ3n) is 2.64. The molecule has 0 aliphatic carbocycles. The molecule has 2 heterocycles. The molecule has 0 aromatic carbocycles. The average molecular weight is 248 g/mol. The van der Waals surface area contributed by atoms with E-state index in [9.17, 15) is 0 Å². The van der Waals surface area contributed by atoms with Crippen molar-refractivity contribution in [2.45, 2.75) is 46.3 Å². The van der Waals surface area contributed by atoms with Crippen LogP contribution in [0.2, 0.25) is 0 Å². The molecule has 2 aromatic rings. The van der Waals surface area contributed by atoms with E-state index < -0.39 is 0 Å². The number of rotatable bonds is 4. The molecule has 0 aliphatic heterocycles. The Bertz CT molecular complexity index is 494. The zero-order valence-electron chi connectivity index (χ0n) is 11.4. The van der Waals surface area contributed by atoms with Crippen molar-refractivity contribution in [2.75, 3.05) is 0 Å². The second-order valence-corrected chi connectivity index (χ2v) is 5.52. The van der Waals surface area contributed by atoms with Gasteiger partial charge in [-0.1, -0.05) is 0 Å². The molecule has 98 valence electrons. The molecule has 0 spiro atoms. The molecule has 0 saturated carbocycles. The van der Waals surface area contributed by atoms with E-state index in [2.05, 4.69) is 49.2 Å². The highest BCUT2D eigenvalue weighted by atomic mass is 16.3. The van der Waals surface area contributed by atoms with Crippen molar-refractivity contribution in [3.63, 3.8) is 0 Å². The van der Waals surface area contributed by atoms with Crippen LogP contribution in [0.15, 0.2) is 23.1 Å².